The minimum Gasteiger partial charge on any atom is -0.388 e. The van der Waals surface area contributed by atoms with E-state index in [0.29, 0.717) is 12.5 Å². The summed E-state index contributed by atoms with van der Waals surface area (Å²) in [6.07, 6.45) is 4.78. The minimum atomic E-state index is 0.230. The largest absolute Gasteiger partial charge is 0.388 e. The molecule has 0 unspecified atom stereocenters. The Morgan fingerprint density at radius 3 is 2.82 bits per heavy atom. The van der Waals surface area contributed by atoms with Crippen molar-refractivity contribution in [3.8, 4) is 0 Å². The number of nitrogens with zero attached hydrogens (tertiary/aromatic N) is 3. The van der Waals surface area contributed by atoms with Crippen LogP contribution in [0.4, 0.5) is 5.82 Å². The van der Waals surface area contributed by atoms with Gasteiger partial charge in [0, 0.05) is 25.2 Å². The highest BCUT2D eigenvalue weighted by atomic mass is 15.2. The first-order chi connectivity index (χ1) is 8.08. The number of hydrogen-bond donors (Lipinski definition) is 2. The van der Waals surface area contributed by atoms with E-state index in [1.807, 2.05) is 13.8 Å². The molecule has 0 spiro atoms. The lowest BCUT2D eigenvalue weighted by Gasteiger charge is -2.24. The number of rotatable bonds is 5. The number of nitrogens with two attached hydrogens (primary N) is 1. The van der Waals surface area contributed by atoms with Gasteiger partial charge >= 0.3 is 0 Å². The van der Waals surface area contributed by atoms with Crippen LogP contribution in [0.25, 0.3) is 0 Å². The van der Waals surface area contributed by atoms with Crippen LogP contribution in [0.5, 0.6) is 0 Å². The summed E-state index contributed by atoms with van der Waals surface area (Å²) in [5, 5.41) is 7.32. The summed E-state index contributed by atoms with van der Waals surface area (Å²) in [5.74, 6) is 1.18. The zero-order valence-corrected chi connectivity index (χ0v) is 10.4. The molecule has 1 aromatic heterocycles. The Hall–Kier alpha value is -1.65. The van der Waals surface area contributed by atoms with Crippen LogP contribution in [0, 0.1) is 19.3 Å². The van der Waals surface area contributed by atoms with E-state index in [0.717, 1.165) is 23.8 Å². The summed E-state index contributed by atoms with van der Waals surface area (Å²) < 4.78 is 0. The number of aryl methyl sites for hydroxylation is 2. The molecular weight excluding hydrogens is 214 g/mol. The van der Waals surface area contributed by atoms with Gasteiger partial charge in [-0.15, -0.1) is 0 Å². The van der Waals surface area contributed by atoms with Gasteiger partial charge in [0.15, 0.2) is 5.82 Å². The summed E-state index contributed by atoms with van der Waals surface area (Å²) in [5.41, 5.74) is 7.31. The molecule has 1 fully saturated rings. The summed E-state index contributed by atoms with van der Waals surface area (Å²) in [6, 6.07) is 0.559. The van der Waals surface area contributed by atoms with Crippen molar-refractivity contribution in [1.29, 1.82) is 5.41 Å². The van der Waals surface area contributed by atoms with Gasteiger partial charge in [0.2, 0.25) is 0 Å². The molecule has 3 N–H and O–H groups in total. The van der Waals surface area contributed by atoms with Crippen LogP contribution in [0.15, 0.2) is 6.20 Å². The van der Waals surface area contributed by atoms with Gasteiger partial charge in [-0.1, -0.05) is 0 Å². The Kier molecular flexibility index (Phi) is 3.26. The van der Waals surface area contributed by atoms with Crippen LogP contribution in [-0.2, 0) is 0 Å². The maximum absolute atomic E-state index is 7.32. The van der Waals surface area contributed by atoms with E-state index in [9.17, 15) is 0 Å². The number of amidine groups is 1. The van der Waals surface area contributed by atoms with Gasteiger partial charge in [-0.2, -0.15) is 0 Å². The summed E-state index contributed by atoms with van der Waals surface area (Å²) in [6.45, 7) is 4.69. The standard InChI is InChI=1S/C12H19N5/c1-8-7-15-9(2)12(16-8)17(10-3-4-10)6-5-11(13)14/h7,10H,3-6H2,1-2H3,(H3,13,14). The van der Waals surface area contributed by atoms with Crippen LogP contribution in [0.2, 0.25) is 0 Å². The summed E-state index contributed by atoms with van der Waals surface area (Å²) in [4.78, 5) is 11.2. The zero-order valence-electron chi connectivity index (χ0n) is 10.4. The third-order valence-electron chi connectivity index (χ3n) is 2.93. The number of anilines is 1. The third kappa shape index (κ3) is 2.93. The van der Waals surface area contributed by atoms with Crippen LogP contribution < -0.4 is 10.6 Å². The first kappa shape index (κ1) is 11.8. The molecule has 5 heteroatoms. The second kappa shape index (κ2) is 4.69. The normalized spacial score (nSPS) is 14.7. The molecule has 0 atom stereocenters. The fourth-order valence-electron chi connectivity index (χ4n) is 1.89. The van der Waals surface area contributed by atoms with E-state index < -0.39 is 0 Å². The zero-order chi connectivity index (χ0) is 12.4. The Bertz CT molecular complexity index is 425. The second-order valence-electron chi connectivity index (χ2n) is 4.62. The van der Waals surface area contributed by atoms with Crippen molar-refractivity contribution in [2.24, 2.45) is 5.73 Å². The SMILES string of the molecule is Cc1cnc(C)c(N(CCC(=N)N)C2CC2)n1. The number of hydrogen-bond acceptors (Lipinski definition) is 4. The quantitative estimate of drug-likeness (QED) is 0.595. The number of nitrogens with one attached hydrogen (secondary N) is 1. The van der Waals surface area contributed by atoms with E-state index in [2.05, 4.69) is 14.9 Å². The van der Waals surface area contributed by atoms with E-state index in [-0.39, 0.29) is 5.84 Å². The van der Waals surface area contributed by atoms with Crippen molar-refractivity contribution in [3.63, 3.8) is 0 Å². The third-order valence-corrected chi connectivity index (χ3v) is 2.93. The van der Waals surface area contributed by atoms with Crippen molar-refractivity contribution in [2.45, 2.75) is 39.2 Å². The summed E-state index contributed by atoms with van der Waals surface area (Å²) in [7, 11) is 0. The van der Waals surface area contributed by atoms with E-state index in [4.69, 9.17) is 11.1 Å². The lowest BCUT2D eigenvalue weighted by Crippen LogP contribution is -2.31. The fourth-order valence-corrected chi connectivity index (χ4v) is 1.89. The molecule has 5 nitrogen and oxygen atoms in total. The molecule has 1 aliphatic rings. The summed E-state index contributed by atoms with van der Waals surface area (Å²) >= 11 is 0. The molecule has 0 bridgehead atoms. The average molecular weight is 233 g/mol. The first-order valence-corrected chi connectivity index (χ1v) is 5.97. The molecule has 2 rings (SSSR count). The van der Waals surface area contributed by atoms with Gasteiger partial charge in [0.05, 0.1) is 17.2 Å². The van der Waals surface area contributed by atoms with Crippen LogP contribution in [0.1, 0.15) is 30.7 Å². The minimum absolute atomic E-state index is 0.230. The Morgan fingerprint density at radius 1 is 1.53 bits per heavy atom. The highest BCUT2D eigenvalue weighted by Crippen LogP contribution is 2.31. The fraction of sp³-hybridized carbons (Fsp3) is 0.583. The molecule has 1 saturated carbocycles. The van der Waals surface area contributed by atoms with Gasteiger partial charge in [-0.05, 0) is 26.7 Å². The molecule has 92 valence electrons. The predicted octanol–water partition coefficient (Wildman–Crippen LogP) is 1.39. The van der Waals surface area contributed by atoms with Crippen molar-refractivity contribution < 1.29 is 0 Å². The molecule has 0 amide bonds. The molecule has 1 heterocycles. The molecule has 0 radical (unpaired) electrons. The van der Waals surface area contributed by atoms with Gasteiger partial charge in [-0.3, -0.25) is 10.4 Å². The van der Waals surface area contributed by atoms with E-state index in [1.165, 1.54) is 12.8 Å². The molecule has 0 aliphatic heterocycles. The van der Waals surface area contributed by atoms with Crippen molar-refractivity contribution in [1.82, 2.24) is 9.97 Å². The molecule has 0 saturated heterocycles. The maximum Gasteiger partial charge on any atom is 0.150 e. The van der Waals surface area contributed by atoms with Gasteiger partial charge in [-0.25, -0.2) is 4.98 Å². The van der Waals surface area contributed by atoms with Crippen LogP contribution in [0.3, 0.4) is 0 Å². The van der Waals surface area contributed by atoms with Gasteiger partial charge in [0.1, 0.15) is 0 Å². The van der Waals surface area contributed by atoms with E-state index >= 15 is 0 Å². The lowest BCUT2D eigenvalue weighted by molar-refractivity contribution is 0.768. The molecular formula is C12H19N5. The molecule has 0 aromatic carbocycles. The topological polar surface area (TPSA) is 78.9 Å². The predicted molar refractivity (Wildman–Crippen MR) is 68.4 cm³/mol. The molecule has 17 heavy (non-hydrogen) atoms. The maximum atomic E-state index is 7.32. The second-order valence-corrected chi connectivity index (χ2v) is 4.62. The average Bonchev–Trinajstić information content (AvgIpc) is 3.07. The highest BCUT2D eigenvalue weighted by molar-refractivity contribution is 5.77. The lowest BCUT2D eigenvalue weighted by atomic mass is 10.3. The van der Waals surface area contributed by atoms with Crippen molar-refractivity contribution in [3.05, 3.63) is 17.6 Å². The van der Waals surface area contributed by atoms with Gasteiger partial charge < -0.3 is 10.6 Å². The Morgan fingerprint density at radius 2 is 2.24 bits per heavy atom. The smallest absolute Gasteiger partial charge is 0.150 e. The van der Waals surface area contributed by atoms with E-state index in [1.54, 1.807) is 6.20 Å². The Balaban J connectivity index is 2.19. The first-order valence-electron chi connectivity index (χ1n) is 5.97. The van der Waals surface area contributed by atoms with Crippen molar-refractivity contribution >= 4 is 11.7 Å². The monoisotopic (exact) mass is 233 g/mol. The van der Waals surface area contributed by atoms with Crippen molar-refractivity contribution in [2.75, 3.05) is 11.4 Å². The molecule has 1 aliphatic carbocycles. The van der Waals surface area contributed by atoms with Crippen LogP contribution >= 0.6 is 0 Å². The molecule has 1 aromatic rings. The van der Waals surface area contributed by atoms with Gasteiger partial charge in [0.25, 0.3) is 0 Å². The number of aromatic nitrogens is 2. The van der Waals surface area contributed by atoms with Crippen LogP contribution in [-0.4, -0.2) is 28.4 Å². The highest BCUT2D eigenvalue weighted by Gasteiger charge is 2.30. The Labute approximate surface area is 102 Å².